The number of halogens is 1. The first-order valence-electron chi connectivity index (χ1n) is 5.32. The molecule has 0 aromatic heterocycles. The van der Waals surface area contributed by atoms with Gasteiger partial charge in [0.1, 0.15) is 6.61 Å². The van der Waals surface area contributed by atoms with Crippen molar-refractivity contribution in [2.24, 2.45) is 0 Å². The third kappa shape index (κ3) is 3.24. The number of benzene rings is 2. The normalized spacial score (nSPS) is 10.3. The number of ether oxygens (including phenoxy) is 1. The molecule has 0 aliphatic heterocycles. The topological polar surface area (TPSA) is 9.23 Å². The molecule has 0 fully saturated rings. The van der Waals surface area contributed by atoms with Gasteiger partial charge in [-0.25, -0.2) is 4.39 Å². The van der Waals surface area contributed by atoms with Crippen molar-refractivity contribution >= 4 is 12.6 Å². The van der Waals surface area contributed by atoms with Gasteiger partial charge in [0, 0.05) is 4.90 Å². The van der Waals surface area contributed by atoms with E-state index in [-0.39, 0.29) is 11.6 Å². The van der Waals surface area contributed by atoms with Gasteiger partial charge in [-0.3, -0.25) is 0 Å². The second-order valence-corrected chi connectivity index (χ2v) is 4.41. The molecule has 17 heavy (non-hydrogen) atoms. The van der Waals surface area contributed by atoms with Crippen LogP contribution in [0.1, 0.15) is 11.1 Å². The van der Waals surface area contributed by atoms with E-state index < -0.39 is 0 Å². The molecule has 0 amide bonds. The highest BCUT2D eigenvalue weighted by Crippen LogP contribution is 2.21. The maximum absolute atomic E-state index is 13.4. The van der Waals surface area contributed by atoms with Gasteiger partial charge in [0.2, 0.25) is 0 Å². The minimum Gasteiger partial charge on any atom is -0.486 e. The predicted octanol–water partition coefficient (Wildman–Crippen LogP) is 4.00. The predicted molar refractivity (Wildman–Crippen MR) is 69.2 cm³/mol. The molecule has 1 nitrogen and oxygen atoms in total. The molecule has 0 atom stereocenters. The number of hydrogen-bond donors (Lipinski definition) is 1. The number of rotatable bonds is 3. The van der Waals surface area contributed by atoms with Crippen LogP contribution in [0.25, 0.3) is 0 Å². The summed E-state index contributed by atoms with van der Waals surface area (Å²) in [7, 11) is 0. The Morgan fingerprint density at radius 1 is 1.12 bits per heavy atom. The summed E-state index contributed by atoms with van der Waals surface area (Å²) in [6, 6.07) is 12.6. The van der Waals surface area contributed by atoms with Crippen molar-refractivity contribution in [2.45, 2.75) is 18.4 Å². The van der Waals surface area contributed by atoms with E-state index in [4.69, 9.17) is 4.74 Å². The fourth-order valence-electron chi connectivity index (χ4n) is 1.45. The molecule has 0 spiro atoms. The average Bonchev–Trinajstić information content (AvgIpc) is 2.30. The second kappa shape index (κ2) is 5.23. The number of thiol groups is 1. The van der Waals surface area contributed by atoms with Crippen LogP contribution in [0.2, 0.25) is 0 Å². The smallest absolute Gasteiger partial charge is 0.166 e. The fourth-order valence-corrected chi connectivity index (χ4v) is 1.64. The van der Waals surface area contributed by atoms with Gasteiger partial charge >= 0.3 is 0 Å². The highest BCUT2D eigenvalue weighted by molar-refractivity contribution is 7.80. The Kier molecular flexibility index (Phi) is 3.69. The van der Waals surface area contributed by atoms with E-state index in [2.05, 4.69) is 12.6 Å². The van der Waals surface area contributed by atoms with E-state index in [1.54, 1.807) is 12.1 Å². The lowest BCUT2D eigenvalue weighted by Crippen LogP contribution is -1.97. The summed E-state index contributed by atoms with van der Waals surface area (Å²) in [6.07, 6.45) is 0. The Morgan fingerprint density at radius 3 is 2.47 bits per heavy atom. The molecule has 0 N–H and O–H groups in total. The van der Waals surface area contributed by atoms with E-state index in [1.807, 2.05) is 31.2 Å². The van der Waals surface area contributed by atoms with Crippen molar-refractivity contribution in [2.75, 3.05) is 0 Å². The van der Waals surface area contributed by atoms with Gasteiger partial charge < -0.3 is 4.74 Å². The van der Waals surface area contributed by atoms with Crippen molar-refractivity contribution in [3.63, 3.8) is 0 Å². The molecule has 2 rings (SSSR count). The Labute approximate surface area is 106 Å². The van der Waals surface area contributed by atoms with Gasteiger partial charge in [0.05, 0.1) is 0 Å². The van der Waals surface area contributed by atoms with Crippen molar-refractivity contribution in [3.05, 3.63) is 59.4 Å². The van der Waals surface area contributed by atoms with Crippen molar-refractivity contribution in [1.29, 1.82) is 0 Å². The van der Waals surface area contributed by atoms with Gasteiger partial charge in [-0.2, -0.15) is 0 Å². The van der Waals surface area contributed by atoms with Crippen molar-refractivity contribution in [1.82, 2.24) is 0 Å². The Bertz CT molecular complexity index is 508. The monoisotopic (exact) mass is 248 g/mol. The minimum atomic E-state index is -0.385. The van der Waals surface area contributed by atoms with Crippen LogP contribution in [0, 0.1) is 12.7 Å². The number of aryl methyl sites for hydroxylation is 1. The van der Waals surface area contributed by atoms with Crippen LogP contribution >= 0.6 is 12.6 Å². The quantitative estimate of drug-likeness (QED) is 0.808. The third-order valence-corrected chi connectivity index (χ3v) is 2.71. The second-order valence-electron chi connectivity index (χ2n) is 3.89. The molecular formula is C14H13FOS. The van der Waals surface area contributed by atoms with E-state index in [1.165, 1.54) is 11.6 Å². The van der Waals surface area contributed by atoms with E-state index in [0.29, 0.717) is 11.5 Å². The van der Waals surface area contributed by atoms with Crippen LogP contribution in [-0.2, 0) is 6.61 Å². The van der Waals surface area contributed by atoms with E-state index >= 15 is 0 Å². The zero-order valence-corrected chi connectivity index (χ0v) is 10.4. The summed E-state index contributed by atoms with van der Waals surface area (Å²) >= 11 is 4.06. The van der Waals surface area contributed by atoms with Crippen LogP contribution in [0.3, 0.4) is 0 Å². The van der Waals surface area contributed by atoms with Crippen LogP contribution in [0.5, 0.6) is 5.75 Å². The van der Waals surface area contributed by atoms with Gasteiger partial charge in [-0.05, 0) is 30.7 Å². The summed E-state index contributed by atoms with van der Waals surface area (Å²) in [5, 5.41) is 0. The highest BCUT2D eigenvalue weighted by atomic mass is 32.1. The van der Waals surface area contributed by atoms with Crippen LogP contribution in [0.15, 0.2) is 47.4 Å². The van der Waals surface area contributed by atoms with E-state index in [9.17, 15) is 4.39 Å². The minimum absolute atomic E-state index is 0.253. The van der Waals surface area contributed by atoms with Crippen LogP contribution in [-0.4, -0.2) is 0 Å². The maximum atomic E-state index is 13.4. The lowest BCUT2D eigenvalue weighted by Gasteiger charge is -2.07. The van der Waals surface area contributed by atoms with Crippen molar-refractivity contribution < 1.29 is 9.13 Å². The molecule has 0 saturated carbocycles. The molecule has 0 aliphatic carbocycles. The van der Waals surface area contributed by atoms with Gasteiger partial charge in [0.15, 0.2) is 11.6 Å². The van der Waals surface area contributed by atoms with Crippen molar-refractivity contribution in [3.8, 4) is 5.75 Å². The summed E-state index contributed by atoms with van der Waals surface area (Å²) < 4.78 is 18.9. The molecule has 3 heteroatoms. The molecule has 0 radical (unpaired) electrons. The summed E-state index contributed by atoms with van der Waals surface area (Å²) in [4.78, 5) is 0.588. The Hall–Kier alpha value is -1.48. The molecule has 88 valence electrons. The maximum Gasteiger partial charge on any atom is 0.166 e. The molecule has 0 unspecified atom stereocenters. The molecular weight excluding hydrogens is 235 g/mol. The average molecular weight is 248 g/mol. The van der Waals surface area contributed by atoms with Crippen LogP contribution in [0.4, 0.5) is 4.39 Å². The third-order valence-electron chi connectivity index (χ3n) is 2.43. The fraction of sp³-hybridized carbons (Fsp3) is 0.143. The first-order valence-corrected chi connectivity index (χ1v) is 5.77. The Morgan fingerprint density at radius 2 is 1.82 bits per heavy atom. The summed E-state index contributed by atoms with van der Waals surface area (Å²) in [5.41, 5.74) is 2.21. The lowest BCUT2D eigenvalue weighted by atomic mass is 10.2. The standard InChI is InChI=1S/C14H13FOS/c1-10-2-4-11(5-3-10)9-16-14-7-6-12(17)8-13(14)15/h2-8,17H,9H2,1H3. The lowest BCUT2D eigenvalue weighted by molar-refractivity contribution is 0.290. The van der Waals surface area contributed by atoms with Gasteiger partial charge in [-0.1, -0.05) is 29.8 Å². The molecule has 2 aromatic carbocycles. The summed E-state index contributed by atoms with van der Waals surface area (Å²) in [5.74, 6) is -0.131. The first kappa shape index (κ1) is 12.0. The zero-order chi connectivity index (χ0) is 12.3. The summed E-state index contributed by atoms with van der Waals surface area (Å²) in [6.45, 7) is 2.39. The molecule has 0 bridgehead atoms. The first-order chi connectivity index (χ1) is 8.15. The number of hydrogen-bond acceptors (Lipinski definition) is 2. The van der Waals surface area contributed by atoms with Gasteiger partial charge in [-0.15, -0.1) is 12.6 Å². The molecule has 0 heterocycles. The largest absolute Gasteiger partial charge is 0.486 e. The SMILES string of the molecule is Cc1ccc(COc2ccc(S)cc2F)cc1. The van der Waals surface area contributed by atoms with Gasteiger partial charge in [0.25, 0.3) is 0 Å². The zero-order valence-electron chi connectivity index (χ0n) is 9.48. The van der Waals surface area contributed by atoms with E-state index in [0.717, 1.165) is 5.56 Å². The Balaban J connectivity index is 2.04. The van der Waals surface area contributed by atoms with Crippen LogP contribution < -0.4 is 4.74 Å². The molecule has 0 aliphatic rings. The molecule has 2 aromatic rings. The molecule has 0 saturated heterocycles. The highest BCUT2D eigenvalue weighted by Gasteiger charge is 2.03.